The summed E-state index contributed by atoms with van der Waals surface area (Å²) in [5, 5.41) is 6.81. The van der Waals surface area contributed by atoms with Crippen molar-refractivity contribution >= 4 is 38.7 Å². The number of nitrogens with zero attached hydrogens (tertiary/aromatic N) is 3. The van der Waals surface area contributed by atoms with E-state index in [-0.39, 0.29) is 4.90 Å². The summed E-state index contributed by atoms with van der Waals surface area (Å²) in [5.74, 6) is 0. The first-order chi connectivity index (χ1) is 13.7. The van der Waals surface area contributed by atoms with Crippen molar-refractivity contribution in [2.24, 2.45) is 0 Å². The first-order valence-corrected chi connectivity index (χ1v) is 10.7. The summed E-state index contributed by atoms with van der Waals surface area (Å²) in [5.41, 5.74) is 0.868. The maximum absolute atomic E-state index is 13.3. The molecule has 4 rings (SSSR count). The predicted molar refractivity (Wildman–Crippen MR) is 107 cm³/mol. The Labute approximate surface area is 177 Å². The molecule has 1 unspecified atom stereocenters. The topological polar surface area (TPSA) is 79.0 Å². The number of alkyl halides is 3. The average Bonchev–Trinajstić information content (AvgIpc) is 3.16. The molecule has 0 spiro atoms. The van der Waals surface area contributed by atoms with Gasteiger partial charge in [-0.05, 0) is 52.4 Å². The van der Waals surface area contributed by atoms with Gasteiger partial charge in [0.25, 0.3) is 10.0 Å². The van der Waals surface area contributed by atoms with Crippen molar-refractivity contribution in [3.05, 3.63) is 81.1 Å². The van der Waals surface area contributed by atoms with Crippen LogP contribution >= 0.6 is 22.6 Å². The van der Waals surface area contributed by atoms with Crippen LogP contribution in [0.3, 0.4) is 0 Å². The Kier molecular flexibility index (Phi) is 4.89. The molecule has 1 atom stereocenters. The highest BCUT2D eigenvalue weighted by atomic mass is 127. The Morgan fingerprint density at radius 1 is 1.07 bits per heavy atom. The number of hydrogen-bond donors (Lipinski definition) is 1. The molecule has 0 saturated heterocycles. The highest BCUT2D eigenvalue weighted by Gasteiger charge is 2.37. The fourth-order valence-electron chi connectivity index (χ4n) is 3.07. The average molecular weight is 532 g/mol. The zero-order valence-corrected chi connectivity index (χ0v) is 17.4. The lowest BCUT2D eigenvalue weighted by molar-refractivity contribution is -0.141. The van der Waals surface area contributed by atoms with E-state index in [2.05, 4.69) is 37.8 Å². The minimum absolute atomic E-state index is 0.335. The maximum Gasteiger partial charge on any atom is 0.433 e. The molecular weight excluding hydrogens is 520 g/mol. The zero-order valence-electron chi connectivity index (χ0n) is 14.4. The van der Waals surface area contributed by atoms with E-state index >= 15 is 0 Å². The van der Waals surface area contributed by atoms with Gasteiger partial charge in [0.05, 0.1) is 17.9 Å². The van der Waals surface area contributed by atoms with Crippen molar-refractivity contribution in [2.45, 2.75) is 17.1 Å². The highest BCUT2D eigenvalue weighted by molar-refractivity contribution is 14.1. The molecule has 150 valence electrons. The Balaban J connectivity index is 1.82. The molecule has 3 heterocycles. The maximum atomic E-state index is 13.3. The van der Waals surface area contributed by atoms with Gasteiger partial charge in [-0.15, -0.1) is 0 Å². The summed E-state index contributed by atoms with van der Waals surface area (Å²) < 4.78 is 66.9. The van der Waals surface area contributed by atoms with E-state index in [0.29, 0.717) is 17.3 Å². The SMILES string of the molecule is O=S(=O)(c1ccc(C(F)(F)F)nc1)N1C=Cc2[nH]ncc2C1c1ccccc1I. The minimum atomic E-state index is -4.65. The zero-order chi connectivity index (χ0) is 20.8. The molecule has 11 heteroatoms. The van der Waals surface area contributed by atoms with E-state index in [9.17, 15) is 21.6 Å². The van der Waals surface area contributed by atoms with Gasteiger partial charge < -0.3 is 0 Å². The first kappa shape index (κ1) is 19.9. The summed E-state index contributed by atoms with van der Waals surface area (Å²) in [6.07, 6.45) is 0.552. The Morgan fingerprint density at radius 2 is 1.83 bits per heavy atom. The fraction of sp³-hybridized carbons (Fsp3) is 0.111. The summed E-state index contributed by atoms with van der Waals surface area (Å²) in [6, 6.07) is 8.11. The van der Waals surface area contributed by atoms with Gasteiger partial charge in [-0.2, -0.15) is 18.3 Å². The smallest absolute Gasteiger partial charge is 0.278 e. The molecular formula is C18H12F3IN4O2S. The molecule has 1 aliphatic rings. The van der Waals surface area contributed by atoms with Gasteiger partial charge in [-0.3, -0.25) is 14.4 Å². The second-order valence-electron chi connectivity index (χ2n) is 6.19. The lowest BCUT2D eigenvalue weighted by atomic mass is 9.97. The largest absolute Gasteiger partial charge is 0.433 e. The molecule has 0 amide bonds. The predicted octanol–water partition coefficient (Wildman–Crippen LogP) is 4.19. The van der Waals surface area contributed by atoms with E-state index in [4.69, 9.17) is 0 Å². The monoisotopic (exact) mass is 532 g/mol. The number of hydrogen-bond acceptors (Lipinski definition) is 4. The molecule has 0 aliphatic carbocycles. The molecule has 29 heavy (non-hydrogen) atoms. The number of benzene rings is 1. The van der Waals surface area contributed by atoms with Crippen LogP contribution in [0.2, 0.25) is 0 Å². The van der Waals surface area contributed by atoms with Crippen LogP contribution in [-0.2, 0) is 16.2 Å². The van der Waals surface area contributed by atoms with Crippen LogP contribution in [-0.4, -0.2) is 27.9 Å². The number of nitrogens with one attached hydrogen (secondary N) is 1. The number of halogens is 4. The summed E-state index contributed by atoms with van der Waals surface area (Å²) >= 11 is 2.11. The van der Waals surface area contributed by atoms with E-state index in [1.54, 1.807) is 24.4 Å². The van der Waals surface area contributed by atoms with Crippen molar-refractivity contribution in [3.8, 4) is 0 Å². The molecule has 0 radical (unpaired) electrons. The molecule has 3 aromatic rings. The summed E-state index contributed by atoms with van der Waals surface area (Å²) in [4.78, 5) is 2.95. The number of H-pyrrole nitrogens is 1. The second-order valence-corrected chi connectivity index (χ2v) is 9.20. The third-order valence-corrected chi connectivity index (χ3v) is 7.15. The second kappa shape index (κ2) is 7.13. The van der Waals surface area contributed by atoms with Crippen molar-refractivity contribution in [1.82, 2.24) is 19.5 Å². The van der Waals surface area contributed by atoms with Crippen molar-refractivity contribution in [2.75, 3.05) is 0 Å². The van der Waals surface area contributed by atoms with Crippen molar-refractivity contribution < 1.29 is 21.6 Å². The minimum Gasteiger partial charge on any atom is -0.278 e. The standard InChI is InChI=1S/C18H12F3IN4O2S/c19-18(20,21)16-6-5-11(9-23-16)29(27,28)26-8-7-15-13(10-24-25-15)17(26)12-3-1-2-4-14(12)22/h1-10,17H,(H,24,25). The van der Waals surface area contributed by atoms with Crippen LogP contribution in [0, 0.1) is 3.57 Å². The Morgan fingerprint density at radius 3 is 2.48 bits per heavy atom. The van der Waals surface area contributed by atoms with Gasteiger partial charge in [0.1, 0.15) is 10.6 Å². The van der Waals surface area contributed by atoms with Gasteiger partial charge in [-0.1, -0.05) is 18.2 Å². The van der Waals surface area contributed by atoms with Crippen LogP contribution in [0.15, 0.2) is 59.9 Å². The number of sulfonamides is 1. The molecule has 1 aliphatic heterocycles. The Bertz CT molecular complexity index is 1190. The van der Waals surface area contributed by atoms with Crippen LogP contribution in [0.1, 0.15) is 28.6 Å². The number of aromatic amines is 1. The third-order valence-electron chi connectivity index (χ3n) is 4.44. The first-order valence-electron chi connectivity index (χ1n) is 8.22. The highest BCUT2D eigenvalue weighted by Crippen LogP contribution is 2.40. The molecule has 6 nitrogen and oxygen atoms in total. The van der Waals surface area contributed by atoms with E-state index in [1.807, 2.05) is 12.1 Å². The quantitative estimate of drug-likeness (QED) is 0.514. The molecule has 1 aromatic carbocycles. The van der Waals surface area contributed by atoms with E-state index < -0.39 is 27.9 Å². The van der Waals surface area contributed by atoms with Gasteiger partial charge in [-0.25, -0.2) is 8.42 Å². The molecule has 1 N–H and O–H groups in total. The van der Waals surface area contributed by atoms with Crippen molar-refractivity contribution in [1.29, 1.82) is 0 Å². The van der Waals surface area contributed by atoms with Crippen LogP contribution in [0.4, 0.5) is 13.2 Å². The van der Waals surface area contributed by atoms with Gasteiger partial charge in [0.2, 0.25) is 0 Å². The van der Waals surface area contributed by atoms with Gasteiger partial charge >= 0.3 is 6.18 Å². The molecule has 0 fully saturated rings. The number of rotatable bonds is 3. The normalized spacial score (nSPS) is 16.7. The lowest BCUT2D eigenvalue weighted by Gasteiger charge is -2.33. The number of fused-ring (bicyclic) bond motifs is 1. The van der Waals surface area contributed by atoms with Crippen molar-refractivity contribution in [3.63, 3.8) is 0 Å². The van der Waals surface area contributed by atoms with E-state index in [1.165, 1.54) is 6.20 Å². The summed E-state index contributed by atoms with van der Waals surface area (Å²) in [7, 11) is -4.19. The number of pyridine rings is 1. The van der Waals surface area contributed by atoms with E-state index in [0.717, 1.165) is 25.7 Å². The third kappa shape index (κ3) is 3.52. The fourth-order valence-corrected chi connectivity index (χ4v) is 5.15. The molecule has 0 bridgehead atoms. The number of aromatic nitrogens is 3. The van der Waals surface area contributed by atoms with Gasteiger partial charge in [0, 0.05) is 21.5 Å². The molecule has 0 saturated carbocycles. The Hall–Kier alpha value is -2.41. The molecule has 2 aromatic heterocycles. The van der Waals surface area contributed by atoms with Crippen LogP contribution in [0.25, 0.3) is 6.08 Å². The lowest BCUT2D eigenvalue weighted by Crippen LogP contribution is -2.33. The van der Waals surface area contributed by atoms with Crippen LogP contribution in [0.5, 0.6) is 0 Å². The summed E-state index contributed by atoms with van der Waals surface area (Å²) in [6.45, 7) is 0. The van der Waals surface area contributed by atoms with Gasteiger partial charge in [0.15, 0.2) is 0 Å². The van der Waals surface area contributed by atoms with Crippen LogP contribution < -0.4 is 0 Å².